The van der Waals surface area contributed by atoms with Gasteiger partial charge in [0, 0.05) is 15.6 Å². The molecule has 35 heavy (non-hydrogen) atoms. The van der Waals surface area contributed by atoms with Crippen LogP contribution in [0, 0.1) is 11.8 Å². The third kappa shape index (κ3) is 3.32. The number of amides is 2. The Morgan fingerprint density at radius 1 is 0.829 bits per heavy atom. The van der Waals surface area contributed by atoms with Crippen LogP contribution in [0.1, 0.15) is 27.5 Å². The number of carbonyl (C=O) groups is 3. The zero-order valence-corrected chi connectivity index (χ0v) is 20.2. The molecule has 2 amide bonds. The second-order valence-electron chi connectivity index (χ2n) is 8.67. The van der Waals surface area contributed by atoms with E-state index in [0.717, 1.165) is 16.0 Å². The molecule has 0 aromatic heterocycles. The van der Waals surface area contributed by atoms with E-state index >= 15 is 0 Å². The monoisotopic (exact) mass is 523 g/mol. The molecule has 2 fully saturated rings. The summed E-state index contributed by atoms with van der Waals surface area (Å²) in [6.07, 6.45) is 1.66. The van der Waals surface area contributed by atoms with Gasteiger partial charge in [-0.1, -0.05) is 59.1 Å². The molecule has 0 unspecified atom stereocenters. The predicted molar refractivity (Wildman–Crippen MR) is 134 cm³/mol. The summed E-state index contributed by atoms with van der Waals surface area (Å²) in [5, 5.41) is 7.22. The number of fused-ring (bicyclic) bond motifs is 5. The Morgan fingerprint density at radius 2 is 1.51 bits per heavy atom. The van der Waals surface area contributed by atoms with E-state index in [-0.39, 0.29) is 16.5 Å². The molecule has 174 valence electrons. The van der Waals surface area contributed by atoms with E-state index in [1.54, 1.807) is 47.6 Å². The molecule has 9 heteroatoms. The summed E-state index contributed by atoms with van der Waals surface area (Å²) in [7, 11) is 0. The maximum absolute atomic E-state index is 13.9. The van der Waals surface area contributed by atoms with Crippen LogP contribution in [0.3, 0.4) is 0 Å². The lowest BCUT2D eigenvalue weighted by Gasteiger charge is -2.33. The van der Waals surface area contributed by atoms with E-state index in [0.29, 0.717) is 15.6 Å². The number of halogens is 3. The van der Waals surface area contributed by atoms with Crippen molar-refractivity contribution in [3.05, 3.63) is 98.5 Å². The number of hydrazone groups is 1. The molecule has 3 aliphatic rings. The Kier molecular flexibility index (Phi) is 5.22. The summed E-state index contributed by atoms with van der Waals surface area (Å²) in [6.45, 7) is 0. The number of ketones is 1. The van der Waals surface area contributed by atoms with E-state index in [2.05, 4.69) is 5.10 Å². The normalized spacial score (nSPS) is 24.4. The van der Waals surface area contributed by atoms with Crippen LogP contribution in [0.2, 0.25) is 15.1 Å². The molecular formula is C26H16Cl3N3O3. The number of carbonyl (C=O) groups excluding carboxylic acids is 3. The Morgan fingerprint density at radius 3 is 2.26 bits per heavy atom. The van der Waals surface area contributed by atoms with Gasteiger partial charge in [0.2, 0.25) is 11.8 Å². The quantitative estimate of drug-likeness (QED) is 0.339. The molecule has 0 radical (unpaired) electrons. The minimum atomic E-state index is -0.969. The maximum Gasteiger partial charge on any atom is 0.240 e. The molecule has 6 rings (SSSR count). The van der Waals surface area contributed by atoms with Crippen LogP contribution in [0.4, 0.5) is 5.69 Å². The second-order valence-corrected chi connectivity index (χ2v) is 9.95. The molecule has 3 aliphatic heterocycles. The topological polar surface area (TPSA) is 70.0 Å². The number of hydrogen-bond donors (Lipinski definition) is 0. The Labute approximate surface area is 215 Å². The summed E-state index contributed by atoms with van der Waals surface area (Å²) >= 11 is 18.4. The molecular weight excluding hydrogens is 509 g/mol. The highest BCUT2D eigenvalue weighted by Crippen LogP contribution is 2.53. The Hall–Kier alpha value is -3.19. The van der Waals surface area contributed by atoms with E-state index in [1.807, 2.05) is 24.3 Å². The largest absolute Gasteiger partial charge is 0.292 e. The summed E-state index contributed by atoms with van der Waals surface area (Å²) in [5.41, 5.74) is 2.32. The fraction of sp³-hybridized carbons (Fsp3) is 0.154. The van der Waals surface area contributed by atoms with Gasteiger partial charge in [0.15, 0.2) is 5.78 Å². The molecule has 4 atom stereocenters. The Balaban J connectivity index is 1.50. The number of imide groups is 1. The smallest absolute Gasteiger partial charge is 0.240 e. The zero-order valence-electron chi connectivity index (χ0n) is 17.9. The van der Waals surface area contributed by atoms with Gasteiger partial charge in [0.05, 0.1) is 34.8 Å². The molecule has 0 spiro atoms. The molecule has 0 aliphatic carbocycles. The van der Waals surface area contributed by atoms with Gasteiger partial charge in [0.25, 0.3) is 0 Å². The van der Waals surface area contributed by atoms with Crippen LogP contribution in [-0.4, -0.2) is 34.9 Å². The van der Waals surface area contributed by atoms with Crippen molar-refractivity contribution < 1.29 is 14.4 Å². The molecule has 3 heterocycles. The number of benzene rings is 3. The van der Waals surface area contributed by atoms with Gasteiger partial charge in [-0.3, -0.25) is 19.4 Å². The first-order valence-corrected chi connectivity index (χ1v) is 12.0. The van der Waals surface area contributed by atoms with E-state index < -0.39 is 35.7 Å². The van der Waals surface area contributed by atoms with Crippen molar-refractivity contribution in [2.45, 2.75) is 12.1 Å². The lowest BCUT2D eigenvalue weighted by atomic mass is 9.83. The fourth-order valence-electron chi connectivity index (χ4n) is 5.35. The van der Waals surface area contributed by atoms with Crippen LogP contribution >= 0.6 is 34.8 Å². The van der Waals surface area contributed by atoms with E-state index in [4.69, 9.17) is 34.8 Å². The fourth-order valence-corrected chi connectivity index (χ4v) is 5.97. The number of rotatable bonds is 3. The molecule has 2 saturated heterocycles. The van der Waals surface area contributed by atoms with Gasteiger partial charge < -0.3 is 0 Å². The third-order valence-electron chi connectivity index (χ3n) is 6.84. The lowest BCUT2D eigenvalue weighted by molar-refractivity contribution is -0.124. The van der Waals surface area contributed by atoms with E-state index in [1.165, 1.54) is 6.07 Å². The predicted octanol–water partition coefficient (Wildman–Crippen LogP) is 5.41. The van der Waals surface area contributed by atoms with Gasteiger partial charge in [-0.15, -0.1) is 0 Å². The van der Waals surface area contributed by atoms with Gasteiger partial charge >= 0.3 is 0 Å². The van der Waals surface area contributed by atoms with Crippen molar-refractivity contribution in [3.8, 4) is 0 Å². The molecule has 0 N–H and O–H groups in total. The number of anilines is 1. The number of nitrogens with zero attached hydrogens (tertiary/aromatic N) is 3. The van der Waals surface area contributed by atoms with Crippen molar-refractivity contribution in [2.24, 2.45) is 16.9 Å². The van der Waals surface area contributed by atoms with Crippen molar-refractivity contribution >= 4 is 64.3 Å². The second kappa shape index (κ2) is 8.19. The molecule has 6 nitrogen and oxygen atoms in total. The highest BCUT2D eigenvalue weighted by atomic mass is 35.5. The van der Waals surface area contributed by atoms with Crippen molar-refractivity contribution in [2.75, 3.05) is 4.90 Å². The van der Waals surface area contributed by atoms with Crippen molar-refractivity contribution in [1.29, 1.82) is 0 Å². The first-order valence-electron chi connectivity index (χ1n) is 10.9. The average Bonchev–Trinajstić information content (AvgIpc) is 3.32. The zero-order chi connectivity index (χ0) is 24.4. The highest BCUT2D eigenvalue weighted by Gasteiger charge is 2.65. The average molecular weight is 525 g/mol. The summed E-state index contributed by atoms with van der Waals surface area (Å²) in [5.74, 6) is -2.96. The van der Waals surface area contributed by atoms with Crippen LogP contribution in [-0.2, 0) is 9.59 Å². The van der Waals surface area contributed by atoms with Crippen molar-refractivity contribution in [3.63, 3.8) is 0 Å². The van der Waals surface area contributed by atoms with Gasteiger partial charge in [-0.05, 0) is 53.6 Å². The van der Waals surface area contributed by atoms with Crippen LogP contribution in [0.5, 0.6) is 0 Å². The molecule has 3 aromatic rings. The first-order chi connectivity index (χ1) is 16.9. The van der Waals surface area contributed by atoms with Crippen LogP contribution < -0.4 is 4.90 Å². The van der Waals surface area contributed by atoms with Crippen LogP contribution in [0.15, 0.2) is 71.8 Å². The SMILES string of the molecule is O=C(c1ccc(Cl)cc1)[C@@H]1[C@@H]2C(=O)N(c3ccc(Cl)cc3Cl)C(=O)[C@H]2[C@@H]2c3ccccc3C=NN12. The van der Waals surface area contributed by atoms with Gasteiger partial charge in [-0.25, -0.2) is 4.90 Å². The maximum atomic E-state index is 13.9. The van der Waals surface area contributed by atoms with E-state index in [9.17, 15) is 14.4 Å². The standard InChI is InChI=1S/C26H16Cl3N3O3/c27-15-7-5-13(6-8-15)24(33)23-21-20(22-17-4-2-1-3-14(17)12-30-32(22)23)25(34)31(26(21)35)19-10-9-16(28)11-18(19)29/h1-12,20-23H/t20-,21-,22+,23+/m1/s1. The van der Waals surface area contributed by atoms with Gasteiger partial charge in [-0.2, -0.15) is 5.10 Å². The van der Waals surface area contributed by atoms with Crippen molar-refractivity contribution in [1.82, 2.24) is 5.01 Å². The van der Waals surface area contributed by atoms with Crippen LogP contribution in [0.25, 0.3) is 0 Å². The summed E-state index contributed by atoms with van der Waals surface area (Å²) in [4.78, 5) is 42.6. The lowest BCUT2D eigenvalue weighted by Crippen LogP contribution is -2.44. The molecule has 3 aromatic carbocycles. The molecule has 0 saturated carbocycles. The number of hydrogen-bond acceptors (Lipinski definition) is 5. The Bertz CT molecular complexity index is 1440. The number of Topliss-reactive ketones (excluding diaryl/α,β-unsaturated/α-hetero) is 1. The first kappa shape index (κ1) is 22.3. The minimum absolute atomic E-state index is 0.179. The summed E-state index contributed by atoms with van der Waals surface area (Å²) < 4.78 is 0. The third-order valence-corrected chi connectivity index (χ3v) is 7.63. The highest BCUT2D eigenvalue weighted by molar-refractivity contribution is 6.38. The van der Waals surface area contributed by atoms with Gasteiger partial charge in [0.1, 0.15) is 6.04 Å². The minimum Gasteiger partial charge on any atom is -0.292 e. The summed E-state index contributed by atoms with van der Waals surface area (Å²) in [6, 6.07) is 17.1. The molecule has 0 bridgehead atoms.